The number of nitrogens with zero attached hydrogens (tertiary/aromatic N) is 4. The van der Waals surface area contributed by atoms with E-state index in [1.807, 2.05) is 41.1 Å². The molecule has 3 heterocycles. The monoisotopic (exact) mass is 447 g/mol. The Kier molecular flexibility index (Phi) is 5.61. The Bertz CT molecular complexity index is 1130. The highest BCUT2D eigenvalue weighted by molar-refractivity contribution is 7.80. The van der Waals surface area contributed by atoms with E-state index in [-0.39, 0.29) is 22.7 Å². The number of hydrogen-bond acceptors (Lipinski definition) is 4. The van der Waals surface area contributed by atoms with Gasteiger partial charge in [-0.15, -0.1) is 0 Å². The van der Waals surface area contributed by atoms with Crippen LogP contribution in [-0.4, -0.2) is 30.5 Å². The number of rotatable bonds is 5. The maximum atomic E-state index is 11.4. The predicted molar refractivity (Wildman–Crippen MR) is 127 cm³/mol. The number of non-ortho nitro benzene ring substituents is 1. The Morgan fingerprint density at radius 1 is 1.06 bits per heavy atom. The lowest BCUT2D eigenvalue weighted by molar-refractivity contribution is -0.384. The first-order chi connectivity index (χ1) is 15.6. The van der Waals surface area contributed by atoms with Crippen LogP contribution >= 0.6 is 12.2 Å². The van der Waals surface area contributed by atoms with Gasteiger partial charge in [0.2, 0.25) is 0 Å². The molecule has 164 valence electrons. The number of benzene rings is 1. The van der Waals surface area contributed by atoms with Crippen molar-refractivity contribution < 1.29 is 4.92 Å². The number of nitro groups is 1. The third-order valence-electron chi connectivity index (χ3n) is 6.51. The van der Waals surface area contributed by atoms with Gasteiger partial charge in [0.15, 0.2) is 5.11 Å². The largest absolute Gasteiger partial charge is 0.352 e. The van der Waals surface area contributed by atoms with Crippen LogP contribution in [-0.2, 0) is 0 Å². The Morgan fingerprint density at radius 3 is 2.66 bits per heavy atom. The zero-order valence-electron chi connectivity index (χ0n) is 17.6. The number of nitro benzene ring substituents is 1. The average molecular weight is 448 g/mol. The first kappa shape index (κ1) is 20.6. The first-order valence-electron chi connectivity index (χ1n) is 11.1. The van der Waals surface area contributed by atoms with Crippen molar-refractivity contribution in [3.05, 3.63) is 88.5 Å². The second-order valence-corrected chi connectivity index (χ2v) is 8.79. The number of pyridine rings is 1. The molecule has 0 bridgehead atoms. The predicted octanol–water partition coefficient (Wildman–Crippen LogP) is 5.09. The van der Waals surface area contributed by atoms with Gasteiger partial charge in [-0.3, -0.25) is 15.1 Å². The van der Waals surface area contributed by atoms with E-state index in [0.29, 0.717) is 6.04 Å². The zero-order valence-corrected chi connectivity index (χ0v) is 18.4. The van der Waals surface area contributed by atoms with Crippen LogP contribution in [0.3, 0.4) is 0 Å². The van der Waals surface area contributed by atoms with Gasteiger partial charge in [-0.05, 0) is 55.4 Å². The van der Waals surface area contributed by atoms with Gasteiger partial charge in [-0.1, -0.05) is 31.4 Å². The van der Waals surface area contributed by atoms with Crippen molar-refractivity contribution in [2.75, 3.05) is 0 Å². The quantitative estimate of drug-likeness (QED) is 0.334. The van der Waals surface area contributed by atoms with Crippen LogP contribution in [0.15, 0.2) is 67.0 Å². The van der Waals surface area contributed by atoms with Crippen molar-refractivity contribution in [3.63, 3.8) is 0 Å². The summed E-state index contributed by atoms with van der Waals surface area (Å²) in [7, 11) is 0. The molecule has 1 N–H and O–H groups in total. The molecule has 0 spiro atoms. The van der Waals surface area contributed by atoms with Crippen molar-refractivity contribution in [1.82, 2.24) is 19.8 Å². The van der Waals surface area contributed by atoms with Crippen LogP contribution in [0.2, 0.25) is 0 Å². The van der Waals surface area contributed by atoms with Crippen molar-refractivity contribution >= 4 is 23.0 Å². The van der Waals surface area contributed by atoms with Crippen LogP contribution in [0.1, 0.15) is 55.6 Å². The summed E-state index contributed by atoms with van der Waals surface area (Å²) in [5.41, 5.74) is 2.82. The van der Waals surface area contributed by atoms with Crippen LogP contribution < -0.4 is 5.32 Å². The molecule has 1 aliphatic carbocycles. The van der Waals surface area contributed by atoms with E-state index >= 15 is 0 Å². The fraction of sp³-hybridized carbons (Fsp3) is 0.333. The molecule has 1 saturated heterocycles. The molecule has 32 heavy (non-hydrogen) atoms. The fourth-order valence-electron chi connectivity index (χ4n) is 5.06. The number of thiocarbonyl (C=S) groups is 1. The molecule has 0 radical (unpaired) electrons. The molecular formula is C24H25N5O2S. The Labute approximate surface area is 192 Å². The molecule has 1 aliphatic heterocycles. The van der Waals surface area contributed by atoms with E-state index in [9.17, 15) is 10.1 Å². The van der Waals surface area contributed by atoms with Crippen molar-refractivity contribution in [2.45, 2.75) is 50.2 Å². The summed E-state index contributed by atoms with van der Waals surface area (Å²) in [5, 5.41) is 15.6. The summed E-state index contributed by atoms with van der Waals surface area (Å²) < 4.78 is 2.04. The molecule has 5 rings (SSSR count). The minimum absolute atomic E-state index is 0.0604. The number of aromatic nitrogens is 2. The molecule has 3 aromatic rings. The normalized spacial score (nSPS) is 21.5. The average Bonchev–Trinajstić information content (AvgIpc) is 3.44. The highest BCUT2D eigenvalue weighted by atomic mass is 32.1. The Morgan fingerprint density at radius 2 is 1.91 bits per heavy atom. The van der Waals surface area contributed by atoms with Crippen molar-refractivity contribution in [2.24, 2.45) is 0 Å². The molecule has 2 aromatic heterocycles. The smallest absolute Gasteiger partial charge is 0.271 e. The molecule has 1 saturated carbocycles. The molecule has 8 heteroatoms. The standard InChI is InChI=1S/C24H25N5O2S/c30-29(31)19-11-6-10-18(16-19)27-15-7-13-21(27)23-22(20-12-4-5-14-25-20)26-24(32)28(23)17-8-2-1-3-9-17/h4-7,10-17,22-23H,1-3,8-9H2,(H,26,32)/t22-,23+/m1/s1. The van der Waals surface area contributed by atoms with Gasteiger partial charge >= 0.3 is 0 Å². The molecule has 7 nitrogen and oxygen atoms in total. The summed E-state index contributed by atoms with van der Waals surface area (Å²) in [4.78, 5) is 18.0. The maximum Gasteiger partial charge on any atom is 0.271 e. The first-order valence-corrected chi connectivity index (χ1v) is 11.5. The van der Waals surface area contributed by atoms with Gasteiger partial charge in [0.1, 0.15) is 0 Å². The lowest BCUT2D eigenvalue weighted by Gasteiger charge is -2.37. The summed E-state index contributed by atoms with van der Waals surface area (Å²) in [6.45, 7) is 0. The van der Waals surface area contributed by atoms with E-state index in [1.54, 1.807) is 18.3 Å². The van der Waals surface area contributed by atoms with E-state index in [4.69, 9.17) is 12.2 Å². The van der Waals surface area contributed by atoms with Crippen molar-refractivity contribution in [3.8, 4) is 5.69 Å². The summed E-state index contributed by atoms with van der Waals surface area (Å²) >= 11 is 5.85. The number of nitrogens with one attached hydrogen (secondary N) is 1. The summed E-state index contributed by atoms with van der Waals surface area (Å²) in [6, 6.07) is 17.0. The minimum atomic E-state index is -0.357. The minimum Gasteiger partial charge on any atom is -0.352 e. The van der Waals surface area contributed by atoms with Gasteiger partial charge in [0.25, 0.3) is 5.69 Å². The van der Waals surface area contributed by atoms with E-state index in [0.717, 1.165) is 35.0 Å². The van der Waals surface area contributed by atoms with Crippen LogP contribution in [0.25, 0.3) is 5.69 Å². The third kappa shape index (κ3) is 3.75. The lowest BCUT2D eigenvalue weighted by atomic mass is 9.92. The third-order valence-corrected chi connectivity index (χ3v) is 6.83. The molecule has 0 amide bonds. The van der Waals surface area contributed by atoms with Gasteiger partial charge in [-0.2, -0.15) is 0 Å². The van der Waals surface area contributed by atoms with Gasteiger partial charge < -0.3 is 14.8 Å². The topological polar surface area (TPSA) is 76.2 Å². The lowest BCUT2D eigenvalue weighted by Crippen LogP contribution is -2.40. The van der Waals surface area contributed by atoms with Gasteiger partial charge in [-0.25, -0.2) is 0 Å². The van der Waals surface area contributed by atoms with E-state index < -0.39 is 0 Å². The maximum absolute atomic E-state index is 11.4. The molecule has 1 aromatic carbocycles. The zero-order chi connectivity index (χ0) is 22.1. The van der Waals surface area contributed by atoms with Crippen LogP contribution in [0, 0.1) is 10.1 Å². The van der Waals surface area contributed by atoms with E-state index in [2.05, 4.69) is 21.3 Å². The molecule has 2 atom stereocenters. The Balaban J connectivity index is 1.61. The highest BCUT2D eigenvalue weighted by Crippen LogP contribution is 2.43. The van der Waals surface area contributed by atoms with E-state index in [1.165, 1.54) is 25.3 Å². The summed E-state index contributed by atoms with van der Waals surface area (Å²) in [6.07, 6.45) is 9.68. The van der Waals surface area contributed by atoms with Gasteiger partial charge in [0.05, 0.1) is 28.4 Å². The van der Waals surface area contributed by atoms with Crippen LogP contribution in [0.4, 0.5) is 5.69 Å². The van der Waals surface area contributed by atoms with Crippen LogP contribution in [0.5, 0.6) is 0 Å². The highest BCUT2D eigenvalue weighted by Gasteiger charge is 2.44. The molecule has 0 unspecified atom stereocenters. The van der Waals surface area contributed by atoms with Gasteiger partial charge in [0, 0.05) is 36.3 Å². The molecule has 2 aliphatic rings. The SMILES string of the molecule is O=[N+]([O-])c1cccc(-n2cccc2[C@H]2[C@@H](c3ccccn3)NC(=S)N2C2CCCCC2)c1. The second kappa shape index (κ2) is 8.70. The second-order valence-electron chi connectivity index (χ2n) is 8.41. The molecular weight excluding hydrogens is 422 g/mol. The molecule has 2 fully saturated rings. The number of hydrogen-bond donors (Lipinski definition) is 1. The fourth-order valence-corrected chi connectivity index (χ4v) is 5.45. The Hall–Kier alpha value is -3.26. The van der Waals surface area contributed by atoms with Crippen molar-refractivity contribution in [1.29, 1.82) is 0 Å². The summed E-state index contributed by atoms with van der Waals surface area (Å²) in [5.74, 6) is 0.